The zero-order valence-corrected chi connectivity index (χ0v) is 13.3. The van der Waals surface area contributed by atoms with Crippen molar-refractivity contribution in [3.63, 3.8) is 0 Å². The van der Waals surface area contributed by atoms with Gasteiger partial charge in [-0.05, 0) is 57.0 Å². The first-order valence-corrected chi connectivity index (χ1v) is 7.39. The number of hydrogen-bond donors (Lipinski definition) is 0. The Labute approximate surface area is 129 Å². The molecule has 2 aromatic heterocycles. The van der Waals surface area contributed by atoms with Gasteiger partial charge in [-0.2, -0.15) is 0 Å². The van der Waals surface area contributed by atoms with Gasteiger partial charge >= 0.3 is 0 Å². The van der Waals surface area contributed by atoms with Crippen molar-refractivity contribution in [3.8, 4) is 0 Å². The molecule has 0 saturated heterocycles. The molecular weight excluding hydrogens is 274 g/mol. The van der Waals surface area contributed by atoms with Crippen LogP contribution in [-0.4, -0.2) is 14.5 Å². The minimum atomic E-state index is -0.147. The first-order valence-electron chi connectivity index (χ1n) is 7.39. The highest BCUT2D eigenvalue weighted by Gasteiger charge is 2.14. The van der Waals surface area contributed by atoms with Crippen LogP contribution in [0, 0.1) is 20.8 Å². The molecule has 1 unspecified atom stereocenters. The minimum Gasteiger partial charge on any atom is -0.290 e. The smallest absolute Gasteiger partial charge is 0.261 e. The van der Waals surface area contributed by atoms with E-state index >= 15 is 0 Å². The van der Waals surface area contributed by atoms with E-state index in [1.807, 2.05) is 58.0 Å². The van der Waals surface area contributed by atoms with Crippen molar-refractivity contribution >= 4 is 10.9 Å². The Morgan fingerprint density at radius 2 is 1.86 bits per heavy atom. The van der Waals surface area contributed by atoms with Gasteiger partial charge in [0, 0.05) is 5.69 Å². The van der Waals surface area contributed by atoms with Crippen molar-refractivity contribution < 1.29 is 0 Å². The Morgan fingerprint density at radius 3 is 2.59 bits per heavy atom. The summed E-state index contributed by atoms with van der Waals surface area (Å²) in [6.45, 7) is 7.95. The van der Waals surface area contributed by atoms with E-state index in [0.717, 1.165) is 28.0 Å². The topological polar surface area (TPSA) is 47.8 Å². The maximum Gasteiger partial charge on any atom is 0.261 e. The van der Waals surface area contributed by atoms with Crippen LogP contribution in [0.15, 0.2) is 41.5 Å². The van der Waals surface area contributed by atoms with E-state index in [-0.39, 0.29) is 11.6 Å². The second-order valence-electron chi connectivity index (χ2n) is 5.74. The van der Waals surface area contributed by atoms with E-state index in [2.05, 4.69) is 9.97 Å². The summed E-state index contributed by atoms with van der Waals surface area (Å²) in [6.07, 6.45) is 1.63. The molecule has 4 nitrogen and oxygen atoms in total. The van der Waals surface area contributed by atoms with Gasteiger partial charge in [-0.25, -0.2) is 4.98 Å². The molecule has 1 atom stereocenters. The molecule has 0 bridgehead atoms. The van der Waals surface area contributed by atoms with Gasteiger partial charge in [0.05, 0.1) is 29.0 Å². The zero-order valence-electron chi connectivity index (χ0n) is 13.3. The van der Waals surface area contributed by atoms with Gasteiger partial charge in [-0.1, -0.05) is 12.1 Å². The van der Waals surface area contributed by atoms with Crippen molar-refractivity contribution in [2.24, 2.45) is 0 Å². The lowest BCUT2D eigenvalue weighted by molar-refractivity contribution is 0.591. The molecule has 1 aromatic carbocycles. The van der Waals surface area contributed by atoms with Crippen molar-refractivity contribution in [1.82, 2.24) is 14.5 Å². The highest BCUT2D eigenvalue weighted by Crippen LogP contribution is 2.19. The van der Waals surface area contributed by atoms with E-state index in [4.69, 9.17) is 0 Å². The van der Waals surface area contributed by atoms with E-state index in [1.165, 1.54) is 0 Å². The van der Waals surface area contributed by atoms with Crippen LogP contribution in [-0.2, 0) is 0 Å². The number of fused-ring (bicyclic) bond motifs is 1. The maximum atomic E-state index is 12.8. The molecule has 0 aliphatic rings. The summed E-state index contributed by atoms with van der Waals surface area (Å²) in [5.74, 6) is 0. The third-order valence-electron chi connectivity index (χ3n) is 4.23. The lowest BCUT2D eigenvalue weighted by Gasteiger charge is -2.16. The summed E-state index contributed by atoms with van der Waals surface area (Å²) in [7, 11) is 0. The summed E-state index contributed by atoms with van der Waals surface area (Å²) < 4.78 is 1.65. The average molecular weight is 293 g/mol. The van der Waals surface area contributed by atoms with Crippen LogP contribution in [0.5, 0.6) is 0 Å². The Bertz CT molecular complexity index is 912. The Hall–Kier alpha value is -2.49. The summed E-state index contributed by atoms with van der Waals surface area (Å²) in [5.41, 5.74) is 4.77. The largest absolute Gasteiger partial charge is 0.290 e. The van der Waals surface area contributed by atoms with Gasteiger partial charge in [-0.15, -0.1) is 0 Å². The van der Waals surface area contributed by atoms with E-state index in [9.17, 15) is 4.79 Å². The van der Waals surface area contributed by atoms with Crippen molar-refractivity contribution in [2.45, 2.75) is 33.7 Å². The van der Waals surface area contributed by atoms with Gasteiger partial charge in [0.1, 0.15) is 0 Å². The van der Waals surface area contributed by atoms with Crippen LogP contribution in [0.1, 0.15) is 35.5 Å². The lowest BCUT2D eigenvalue weighted by Crippen LogP contribution is -2.25. The van der Waals surface area contributed by atoms with Crippen molar-refractivity contribution in [1.29, 1.82) is 0 Å². The highest BCUT2D eigenvalue weighted by atomic mass is 16.1. The van der Waals surface area contributed by atoms with Crippen molar-refractivity contribution in [2.75, 3.05) is 0 Å². The third kappa shape index (κ3) is 2.30. The molecule has 0 N–H and O–H groups in total. The molecule has 3 aromatic rings. The molecule has 112 valence electrons. The fraction of sp³-hybridized carbons (Fsp3) is 0.278. The number of aromatic nitrogens is 3. The Balaban J connectivity index is 2.18. The van der Waals surface area contributed by atoms with Crippen molar-refractivity contribution in [3.05, 3.63) is 69.5 Å². The number of benzene rings is 1. The number of nitrogens with zero attached hydrogens (tertiary/aromatic N) is 3. The second kappa shape index (κ2) is 5.37. The van der Waals surface area contributed by atoms with E-state index in [1.54, 1.807) is 10.9 Å². The predicted octanol–water partition coefficient (Wildman–Crippen LogP) is 3.33. The van der Waals surface area contributed by atoms with Crippen LogP contribution in [0.3, 0.4) is 0 Å². The lowest BCUT2D eigenvalue weighted by atomic mass is 10.1. The first kappa shape index (κ1) is 14.4. The molecule has 0 amide bonds. The molecule has 0 aliphatic heterocycles. The van der Waals surface area contributed by atoms with Gasteiger partial charge in [0.25, 0.3) is 5.56 Å². The normalized spacial score (nSPS) is 12.5. The van der Waals surface area contributed by atoms with E-state index in [0.29, 0.717) is 5.39 Å². The van der Waals surface area contributed by atoms with Gasteiger partial charge < -0.3 is 0 Å². The average Bonchev–Trinajstić information content (AvgIpc) is 2.51. The Morgan fingerprint density at radius 1 is 1.09 bits per heavy atom. The zero-order chi connectivity index (χ0) is 15.9. The highest BCUT2D eigenvalue weighted by molar-refractivity contribution is 5.81. The SMILES string of the molecule is Cc1cccc(C(C)n2cnc3c(C)c(C)ccc3c2=O)n1. The minimum absolute atomic E-state index is 0.0242. The predicted molar refractivity (Wildman–Crippen MR) is 88.3 cm³/mol. The summed E-state index contributed by atoms with van der Waals surface area (Å²) in [5, 5.41) is 0.658. The fourth-order valence-corrected chi connectivity index (χ4v) is 2.67. The van der Waals surface area contributed by atoms with E-state index < -0.39 is 0 Å². The number of pyridine rings is 1. The molecule has 4 heteroatoms. The number of hydrogen-bond acceptors (Lipinski definition) is 3. The van der Waals surface area contributed by atoms with Gasteiger partial charge in [0.2, 0.25) is 0 Å². The molecule has 0 spiro atoms. The van der Waals surface area contributed by atoms with Crippen LogP contribution in [0.2, 0.25) is 0 Å². The molecule has 0 saturated carbocycles. The second-order valence-corrected chi connectivity index (χ2v) is 5.74. The molecule has 22 heavy (non-hydrogen) atoms. The third-order valence-corrected chi connectivity index (χ3v) is 4.23. The standard InChI is InChI=1S/C18H19N3O/c1-11-8-9-15-17(13(11)3)19-10-21(18(15)22)14(4)16-7-5-6-12(2)20-16/h5-10,14H,1-4H3. The molecule has 0 aliphatic carbocycles. The molecule has 0 fully saturated rings. The maximum absolute atomic E-state index is 12.8. The molecule has 0 radical (unpaired) electrons. The fourth-order valence-electron chi connectivity index (χ4n) is 2.67. The molecule has 2 heterocycles. The van der Waals surface area contributed by atoms with Crippen LogP contribution in [0.25, 0.3) is 10.9 Å². The van der Waals surface area contributed by atoms with Crippen LogP contribution >= 0.6 is 0 Å². The van der Waals surface area contributed by atoms with Gasteiger partial charge in [-0.3, -0.25) is 14.3 Å². The first-order chi connectivity index (χ1) is 10.5. The Kier molecular flexibility index (Phi) is 3.53. The summed E-state index contributed by atoms with van der Waals surface area (Å²) in [4.78, 5) is 21.8. The monoisotopic (exact) mass is 293 g/mol. The van der Waals surface area contributed by atoms with Crippen LogP contribution in [0.4, 0.5) is 0 Å². The summed E-state index contributed by atoms with van der Waals surface area (Å²) in [6, 6.07) is 9.53. The number of aryl methyl sites for hydroxylation is 3. The summed E-state index contributed by atoms with van der Waals surface area (Å²) >= 11 is 0. The number of rotatable bonds is 2. The molecular formula is C18H19N3O. The van der Waals surface area contributed by atoms with Crippen LogP contribution < -0.4 is 5.56 Å². The van der Waals surface area contributed by atoms with Gasteiger partial charge in [0.15, 0.2) is 0 Å². The quantitative estimate of drug-likeness (QED) is 0.728. The molecule has 3 rings (SSSR count).